The van der Waals surface area contributed by atoms with E-state index in [0.29, 0.717) is 11.6 Å². The molecule has 0 unspecified atom stereocenters. The summed E-state index contributed by atoms with van der Waals surface area (Å²) in [6.07, 6.45) is 3.39. The molecule has 4 N–H and O–H groups in total. The molecule has 124 valence electrons. The van der Waals surface area contributed by atoms with E-state index in [-0.39, 0.29) is 5.95 Å². The highest BCUT2D eigenvalue weighted by atomic mass is 15.3. The molecular weight excluding hydrogens is 314 g/mol. The van der Waals surface area contributed by atoms with Gasteiger partial charge >= 0.3 is 0 Å². The minimum atomic E-state index is 0.123. The van der Waals surface area contributed by atoms with Crippen molar-refractivity contribution in [2.75, 3.05) is 16.6 Å². The Hall–Kier alpha value is -3.74. The second-order valence-electron chi connectivity index (χ2n) is 5.06. The van der Waals surface area contributed by atoms with Crippen LogP contribution in [0.3, 0.4) is 0 Å². The van der Waals surface area contributed by atoms with E-state index in [1.165, 1.54) is 0 Å². The van der Waals surface area contributed by atoms with Gasteiger partial charge < -0.3 is 5.73 Å². The summed E-state index contributed by atoms with van der Waals surface area (Å²) in [6, 6.07) is 21.1. The minimum absolute atomic E-state index is 0.123. The molecule has 3 aromatic rings. The van der Waals surface area contributed by atoms with Crippen molar-refractivity contribution in [3.8, 4) is 0 Å². The Balaban J connectivity index is 1.64. The van der Waals surface area contributed by atoms with Crippen LogP contribution in [-0.4, -0.2) is 22.4 Å². The average molecular weight is 331 g/mol. The van der Waals surface area contributed by atoms with Crippen molar-refractivity contribution < 1.29 is 0 Å². The van der Waals surface area contributed by atoms with Crippen molar-refractivity contribution in [3.63, 3.8) is 0 Å². The van der Waals surface area contributed by atoms with Crippen molar-refractivity contribution in [1.82, 2.24) is 9.97 Å². The first-order valence-corrected chi connectivity index (χ1v) is 7.62. The van der Waals surface area contributed by atoms with Gasteiger partial charge in [0, 0.05) is 6.07 Å². The van der Waals surface area contributed by atoms with Gasteiger partial charge in [-0.25, -0.2) is 0 Å². The van der Waals surface area contributed by atoms with E-state index in [1.807, 2.05) is 60.7 Å². The molecule has 0 spiro atoms. The van der Waals surface area contributed by atoms with Gasteiger partial charge in [0.25, 0.3) is 0 Å². The molecule has 0 saturated heterocycles. The molecule has 0 bridgehead atoms. The van der Waals surface area contributed by atoms with E-state index >= 15 is 0 Å². The summed E-state index contributed by atoms with van der Waals surface area (Å²) in [5, 5.41) is 8.27. The highest BCUT2D eigenvalue weighted by Crippen LogP contribution is 2.12. The Bertz CT molecular complexity index is 791. The lowest BCUT2D eigenvalue weighted by Gasteiger charge is -2.04. The zero-order chi connectivity index (χ0) is 17.3. The van der Waals surface area contributed by atoms with Crippen LogP contribution in [0.15, 0.2) is 76.9 Å². The maximum atomic E-state index is 5.72. The van der Waals surface area contributed by atoms with Gasteiger partial charge in [0.05, 0.1) is 12.4 Å². The third kappa shape index (κ3) is 5.14. The Kier molecular flexibility index (Phi) is 5.30. The number of nitrogens with two attached hydrogens (primary N) is 1. The summed E-state index contributed by atoms with van der Waals surface area (Å²) in [6.45, 7) is 0. The van der Waals surface area contributed by atoms with Crippen molar-refractivity contribution in [2.24, 2.45) is 10.2 Å². The lowest BCUT2D eigenvalue weighted by molar-refractivity contribution is 1.13. The molecule has 0 aliphatic heterocycles. The lowest BCUT2D eigenvalue weighted by atomic mass is 10.2. The smallest absolute Gasteiger partial charge is 0.224 e. The molecule has 0 aliphatic carbocycles. The molecule has 1 heterocycles. The predicted octanol–water partition coefficient (Wildman–Crippen LogP) is 2.95. The number of nitrogens with zero attached hydrogens (tertiary/aromatic N) is 4. The maximum absolute atomic E-state index is 5.72. The Morgan fingerprint density at radius 3 is 1.60 bits per heavy atom. The molecule has 3 rings (SSSR count). The van der Waals surface area contributed by atoms with E-state index in [2.05, 4.69) is 31.0 Å². The second-order valence-corrected chi connectivity index (χ2v) is 5.06. The molecule has 0 saturated carbocycles. The Morgan fingerprint density at radius 1 is 0.720 bits per heavy atom. The second kappa shape index (κ2) is 8.21. The summed E-state index contributed by atoms with van der Waals surface area (Å²) in [4.78, 5) is 8.16. The average Bonchev–Trinajstić information content (AvgIpc) is 2.63. The van der Waals surface area contributed by atoms with Gasteiger partial charge in [-0.3, -0.25) is 10.9 Å². The van der Waals surface area contributed by atoms with Gasteiger partial charge in [0.15, 0.2) is 11.6 Å². The van der Waals surface area contributed by atoms with Crippen molar-refractivity contribution in [2.45, 2.75) is 0 Å². The molecule has 7 nitrogen and oxygen atoms in total. The fourth-order valence-corrected chi connectivity index (χ4v) is 2.00. The van der Waals surface area contributed by atoms with Gasteiger partial charge in [-0.1, -0.05) is 60.7 Å². The van der Waals surface area contributed by atoms with Gasteiger partial charge in [0.2, 0.25) is 5.95 Å². The first kappa shape index (κ1) is 16.1. The molecule has 1 aromatic heterocycles. The molecule has 0 amide bonds. The van der Waals surface area contributed by atoms with Crippen LogP contribution in [0.5, 0.6) is 0 Å². The molecule has 2 aromatic carbocycles. The van der Waals surface area contributed by atoms with Crippen LogP contribution in [0.25, 0.3) is 0 Å². The van der Waals surface area contributed by atoms with Crippen LogP contribution in [-0.2, 0) is 0 Å². The minimum Gasteiger partial charge on any atom is -0.368 e. The zero-order valence-corrected chi connectivity index (χ0v) is 13.4. The van der Waals surface area contributed by atoms with Crippen molar-refractivity contribution in [3.05, 3.63) is 77.9 Å². The fraction of sp³-hybridized carbons (Fsp3) is 0. The van der Waals surface area contributed by atoms with E-state index in [4.69, 9.17) is 5.73 Å². The zero-order valence-electron chi connectivity index (χ0n) is 13.4. The number of hydrazone groups is 2. The number of benzene rings is 2. The van der Waals surface area contributed by atoms with Gasteiger partial charge in [-0.15, -0.1) is 0 Å². The molecule has 0 fully saturated rings. The molecule has 25 heavy (non-hydrogen) atoms. The first-order chi connectivity index (χ1) is 12.3. The quantitative estimate of drug-likeness (QED) is 0.476. The normalized spacial score (nSPS) is 11.0. The van der Waals surface area contributed by atoms with Gasteiger partial charge in [0.1, 0.15) is 0 Å². The van der Waals surface area contributed by atoms with Crippen LogP contribution in [0.2, 0.25) is 0 Å². The highest BCUT2D eigenvalue weighted by molar-refractivity contribution is 5.80. The summed E-state index contributed by atoms with van der Waals surface area (Å²) in [7, 11) is 0. The number of aromatic nitrogens is 2. The van der Waals surface area contributed by atoms with Crippen LogP contribution in [0, 0.1) is 0 Å². The molecule has 0 aliphatic rings. The molecule has 0 radical (unpaired) electrons. The standard InChI is InChI=1S/C18H17N7/c19-18-22-16(24-20-12-14-7-3-1-4-8-14)11-17(23-18)25-21-13-15-9-5-2-6-10-15/h1-13H,(H4,19,22,23,24,25)/b20-12+,21-13+. The van der Waals surface area contributed by atoms with Crippen LogP contribution in [0.1, 0.15) is 11.1 Å². The summed E-state index contributed by atoms with van der Waals surface area (Å²) < 4.78 is 0. The van der Waals surface area contributed by atoms with Crippen molar-refractivity contribution >= 4 is 30.0 Å². The number of nitrogen functional groups attached to an aromatic ring is 1. The van der Waals surface area contributed by atoms with E-state index in [0.717, 1.165) is 11.1 Å². The predicted molar refractivity (Wildman–Crippen MR) is 102 cm³/mol. The van der Waals surface area contributed by atoms with E-state index in [1.54, 1.807) is 18.5 Å². The number of nitrogens with one attached hydrogen (secondary N) is 2. The number of anilines is 3. The molecular formula is C18H17N7. The van der Waals surface area contributed by atoms with Crippen molar-refractivity contribution in [1.29, 1.82) is 0 Å². The SMILES string of the molecule is Nc1nc(N/N=C/c2ccccc2)cc(N/N=C/c2ccccc2)n1. The Labute approximate surface area is 145 Å². The number of hydrogen-bond acceptors (Lipinski definition) is 7. The number of rotatable bonds is 6. The van der Waals surface area contributed by atoms with E-state index < -0.39 is 0 Å². The monoisotopic (exact) mass is 331 g/mol. The third-order valence-electron chi connectivity index (χ3n) is 3.13. The van der Waals surface area contributed by atoms with Crippen LogP contribution < -0.4 is 16.6 Å². The largest absolute Gasteiger partial charge is 0.368 e. The molecule has 0 atom stereocenters. The summed E-state index contributed by atoms with van der Waals surface area (Å²) in [5.74, 6) is 1.06. The Morgan fingerprint density at radius 2 is 1.16 bits per heavy atom. The fourth-order valence-electron chi connectivity index (χ4n) is 2.00. The summed E-state index contributed by atoms with van der Waals surface area (Å²) in [5.41, 5.74) is 13.3. The highest BCUT2D eigenvalue weighted by Gasteiger charge is 2.00. The van der Waals surface area contributed by atoms with Gasteiger partial charge in [-0.05, 0) is 11.1 Å². The first-order valence-electron chi connectivity index (χ1n) is 7.62. The number of hydrogen-bond donors (Lipinski definition) is 3. The summed E-state index contributed by atoms with van der Waals surface area (Å²) >= 11 is 0. The van der Waals surface area contributed by atoms with E-state index in [9.17, 15) is 0 Å². The third-order valence-corrected chi connectivity index (χ3v) is 3.13. The lowest BCUT2D eigenvalue weighted by Crippen LogP contribution is -2.03. The molecule has 7 heteroatoms. The topological polar surface area (TPSA) is 101 Å². The maximum Gasteiger partial charge on any atom is 0.224 e. The van der Waals surface area contributed by atoms with Crippen LogP contribution in [0.4, 0.5) is 17.6 Å². The van der Waals surface area contributed by atoms with Gasteiger partial charge in [-0.2, -0.15) is 20.2 Å². The van der Waals surface area contributed by atoms with Crippen LogP contribution >= 0.6 is 0 Å².